The summed E-state index contributed by atoms with van der Waals surface area (Å²) < 4.78 is 0. The molecule has 5 heteroatoms. The minimum atomic E-state index is -0.640. The van der Waals surface area contributed by atoms with Gasteiger partial charge >= 0.3 is 11.8 Å². The van der Waals surface area contributed by atoms with Gasteiger partial charge in [-0.2, -0.15) is 0 Å². The van der Waals surface area contributed by atoms with Gasteiger partial charge in [-0.05, 0) is 93.2 Å². The molecular weight excluding hydrogens is 326 g/mol. The molecule has 0 heterocycles. The molecule has 1 aromatic carbocycles. The maximum atomic E-state index is 12.5. The Morgan fingerprint density at radius 3 is 2.23 bits per heavy atom. The van der Waals surface area contributed by atoms with E-state index in [0.717, 1.165) is 23.3 Å². The Balaban J connectivity index is 1.41. The van der Waals surface area contributed by atoms with E-state index in [4.69, 9.17) is 5.73 Å². The van der Waals surface area contributed by atoms with Crippen LogP contribution in [0.5, 0.6) is 0 Å². The van der Waals surface area contributed by atoms with Crippen LogP contribution in [0.3, 0.4) is 0 Å². The van der Waals surface area contributed by atoms with Gasteiger partial charge in [0.05, 0.1) is 11.4 Å². The van der Waals surface area contributed by atoms with E-state index in [2.05, 4.69) is 17.6 Å². The summed E-state index contributed by atoms with van der Waals surface area (Å²) in [6, 6.07) is 5.42. The molecule has 5 nitrogen and oxygen atoms in total. The van der Waals surface area contributed by atoms with E-state index in [0.29, 0.717) is 11.4 Å². The molecule has 0 aromatic heterocycles. The molecule has 4 N–H and O–H groups in total. The van der Waals surface area contributed by atoms with Crippen LogP contribution in [0.25, 0.3) is 0 Å². The van der Waals surface area contributed by atoms with Gasteiger partial charge in [-0.25, -0.2) is 0 Å². The molecule has 26 heavy (non-hydrogen) atoms. The first-order valence-electron chi connectivity index (χ1n) is 9.82. The summed E-state index contributed by atoms with van der Waals surface area (Å²) in [5, 5.41) is 5.65. The molecule has 0 aliphatic heterocycles. The molecule has 1 unspecified atom stereocenters. The third-order valence-electron chi connectivity index (χ3n) is 7.01. The number of amides is 2. The summed E-state index contributed by atoms with van der Waals surface area (Å²) in [6.45, 7) is 4.00. The minimum Gasteiger partial charge on any atom is -0.397 e. The van der Waals surface area contributed by atoms with Gasteiger partial charge < -0.3 is 16.4 Å². The molecule has 5 rings (SSSR count). The number of hydrogen-bond donors (Lipinski definition) is 3. The molecule has 4 aliphatic rings. The van der Waals surface area contributed by atoms with Crippen molar-refractivity contribution in [1.29, 1.82) is 0 Å². The SMILES string of the molecule is Cc1ccc(N)c(NC(=O)C(=O)NC(C)C23CC4CC(CC(C4)C2)C3)c1. The number of nitrogens with one attached hydrogen (secondary N) is 2. The Hall–Kier alpha value is -2.04. The van der Waals surface area contributed by atoms with Crippen LogP contribution in [0.1, 0.15) is 51.0 Å². The van der Waals surface area contributed by atoms with Gasteiger partial charge in [0.2, 0.25) is 0 Å². The maximum Gasteiger partial charge on any atom is 0.313 e. The van der Waals surface area contributed by atoms with Crippen molar-refractivity contribution in [3.05, 3.63) is 23.8 Å². The van der Waals surface area contributed by atoms with Crippen LogP contribution in [0.4, 0.5) is 11.4 Å². The summed E-state index contributed by atoms with van der Waals surface area (Å²) in [7, 11) is 0. The number of carbonyl (C=O) groups is 2. The molecule has 1 aromatic rings. The fourth-order valence-corrected chi connectivity index (χ4v) is 6.08. The minimum absolute atomic E-state index is 0.0315. The largest absolute Gasteiger partial charge is 0.397 e. The average Bonchev–Trinajstić information content (AvgIpc) is 2.56. The zero-order valence-electron chi connectivity index (χ0n) is 15.7. The molecule has 140 valence electrons. The number of carbonyl (C=O) groups excluding carboxylic acids is 2. The highest BCUT2D eigenvalue weighted by Crippen LogP contribution is 2.61. The Bertz CT molecular complexity index is 707. The highest BCUT2D eigenvalue weighted by Gasteiger charge is 2.53. The van der Waals surface area contributed by atoms with E-state index in [1.54, 1.807) is 12.1 Å². The van der Waals surface area contributed by atoms with E-state index < -0.39 is 11.8 Å². The smallest absolute Gasteiger partial charge is 0.313 e. The standard InChI is InChI=1S/C21H29N3O2/c1-12-3-4-17(22)18(5-12)24-20(26)19(25)23-13(2)21-9-14-6-15(10-21)8-16(7-14)11-21/h3-5,13-16H,6-11,22H2,1-2H3,(H,23,25)(H,24,26). The van der Waals surface area contributed by atoms with E-state index in [1.165, 1.54) is 38.5 Å². The van der Waals surface area contributed by atoms with E-state index in [9.17, 15) is 9.59 Å². The van der Waals surface area contributed by atoms with Crippen LogP contribution < -0.4 is 16.4 Å². The second-order valence-corrected chi connectivity index (χ2v) is 9.02. The highest BCUT2D eigenvalue weighted by atomic mass is 16.2. The summed E-state index contributed by atoms with van der Waals surface area (Å²) in [5.74, 6) is 1.26. The highest BCUT2D eigenvalue weighted by molar-refractivity contribution is 6.40. The second-order valence-electron chi connectivity index (χ2n) is 9.02. The number of nitrogen functional groups attached to an aromatic ring is 1. The van der Waals surface area contributed by atoms with Crippen LogP contribution in [0, 0.1) is 30.1 Å². The van der Waals surface area contributed by atoms with E-state index in [-0.39, 0.29) is 11.5 Å². The Morgan fingerprint density at radius 2 is 1.65 bits per heavy atom. The topological polar surface area (TPSA) is 84.2 Å². The molecule has 0 saturated heterocycles. The fourth-order valence-electron chi connectivity index (χ4n) is 6.08. The van der Waals surface area contributed by atoms with Crippen LogP contribution in [-0.4, -0.2) is 17.9 Å². The van der Waals surface area contributed by atoms with Crippen molar-refractivity contribution in [1.82, 2.24) is 5.32 Å². The normalized spacial score (nSPS) is 32.9. The number of rotatable bonds is 3. The van der Waals surface area contributed by atoms with Gasteiger partial charge in [-0.15, -0.1) is 0 Å². The van der Waals surface area contributed by atoms with Gasteiger partial charge in [0, 0.05) is 6.04 Å². The van der Waals surface area contributed by atoms with Gasteiger partial charge in [0.25, 0.3) is 0 Å². The van der Waals surface area contributed by atoms with Crippen molar-refractivity contribution >= 4 is 23.2 Å². The van der Waals surface area contributed by atoms with Crippen LogP contribution in [0.2, 0.25) is 0 Å². The molecule has 4 fully saturated rings. The number of anilines is 2. The van der Waals surface area contributed by atoms with Crippen molar-refractivity contribution in [2.45, 2.75) is 58.4 Å². The lowest BCUT2D eigenvalue weighted by molar-refractivity contribution is -0.138. The summed E-state index contributed by atoms with van der Waals surface area (Å²) in [4.78, 5) is 24.8. The zero-order valence-corrected chi connectivity index (χ0v) is 15.7. The summed E-state index contributed by atoms with van der Waals surface area (Å²) in [6.07, 6.45) is 7.71. The third kappa shape index (κ3) is 3.08. The molecule has 4 saturated carbocycles. The molecule has 0 radical (unpaired) electrons. The number of nitrogens with two attached hydrogens (primary N) is 1. The Morgan fingerprint density at radius 1 is 1.08 bits per heavy atom. The molecular formula is C21H29N3O2. The lowest BCUT2D eigenvalue weighted by Gasteiger charge is -2.59. The Labute approximate surface area is 155 Å². The van der Waals surface area contributed by atoms with Gasteiger partial charge in [-0.3, -0.25) is 9.59 Å². The predicted octanol–water partition coefficient (Wildman–Crippen LogP) is 3.24. The molecule has 1 atom stereocenters. The van der Waals surface area contributed by atoms with Crippen molar-refractivity contribution < 1.29 is 9.59 Å². The molecule has 2 amide bonds. The second kappa shape index (κ2) is 6.29. The monoisotopic (exact) mass is 355 g/mol. The van der Waals surface area contributed by atoms with Crippen molar-refractivity contribution in [2.24, 2.45) is 23.2 Å². The van der Waals surface area contributed by atoms with Gasteiger partial charge in [-0.1, -0.05) is 6.07 Å². The number of benzene rings is 1. The first kappa shape index (κ1) is 17.4. The zero-order chi connectivity index (χ0) is 18.5. The maximum absolute atomic E-state index is 12.5. The number of aryl methyl sites for hydroxylation is 1. The van der Waals surface area contributed by atoms with Crippen molar-refractivity contribution in [3.8, 4) is 0 Å². The van der Waals surface area contributed by atoms with E-state index >= 15 is 0 Å². The number of hydrogen-bond acceptors (Lipinski definition) is 3. The first-order valence-corrected chi connectivity index (χ1v) is 9.82. The average molecular weight is 355 g/mol. The molecule has 0 spiro atoms. The van der Waals surface area contributed by atoms with Crippen molar-refractivity contribution in [3.63, 3.8) is 0 Å². The van der Waals surface area contributed by atoms with Gasteiger partial charge in [0.1, 0.15) is 0 Å². The quantitative estimate of drug-likeness (QED) is 0.575. The summed E-state index contributed by atoms with van der Waals surface area (Å²) in [5.41, 5.74) is 8.02. The first-order chi connectivity index (χ1) is 12.3. The fraction of sp³-hybridized carbons (Fsp3) is 0.619. The lowest BCUT2D eigenvalue weighted by Crippen LogP contribution is -2.57. The Kier molecular flexibility index (Phi) is 4.20. The van der Waals surface area contributed by atoms with Crippen LogP contribution in [-0.2, 0) is 9.59 Å². The lowest BCUT2D eigenvalue weighted by atomic mass is 9.48. The van der Waals surface area contributed by atoms with Crippen molar-refractivity contribution in [2.75, 3.05) is 11.1 Å². The summed E-state index contributed by atoms with van der Waals surface area (Å²) >= 11 is 0. The van der Waals surface area contributed by atoms with Crippen LogP contribution >= 0.6 is 0 Å². The van der Waals surface area contributed by atoms with Gasteiger partial charge in [0.15, 0.2) is 0 Å². The molecule has 4 bridgehead atoms. The third-order valence-corrected chi connectivity index (χ3v) is 7.01. The van der Waals surface area contributed by atoms with E-state index in [1.807, 2.05) is 13.0 Å². The predicted molar refractivity (Wildman–Crippen MR) is 102 cm³/mol. The molecule has 4 aliphatic carbocycles. The van der Waals surface area contributed by atoms with Crippen LogP contribution in [0.15, 0.2) is 18.2 Å².